The highest BCUT2D eigenvalue weighted by atomic mass is 79.9. The number of carbonyl (C=O) groups is 1. The molecule has 1 heterocycles. The lowest BCUT2D eigenvalue weighted by atomic mass is 9.83. The zero-order chi connectivity index (χ0) is 15.3. The summed E-state index contributed by atoms with van der Waals surface area (Å²) in [6, 6.07) is 7.52. The smallest absolute Gasteiger partial charge is 0.385 e. The van der Waals surface area contributed by atoms with Crippen LogP contribution in [0.2, 0.25) is 0 Å². The van der Waals surface area contributed by atoms with Gasteiger partial charge in [0.15, 0.2) is 0 Å². The Kier molecular flexibility index (Phi) is 5.44. The molecule has 1 saturated heterocycles. The van der Waals surface area contributed by atoms with Gasteiger partial charge in [0, 0.05) is 21.9 Å². The first-order chi connectivity index (χ1) is 9.97. The Hall–Kier alpha value is -1.31. The summed E-state index contributed by atoms with van der Waals surface area (Å²) in [6.45, 7) is 5.91. The molecule has 0 spiro atoms. The maximum absolute atomic E-state index is 11.9. The van der Waals surface area contributed by atoms with Gasteiger partial charge in [0.2, 0.25) is 0 Å². The van der Waals surface area contributed by atoms with Crippen LogP contribution in [0, 0.1) is 17.8 Å². The van der Waals surface area contributed by atoms with Crippen molar-refractivity contribution in [3.63, 3.8) is 0 Å². The van der Waals surface area contributed by atoms with Crippen molar-refractivity contribution < 1.29 is 9.53 Å². The molecule has 0 aliphatic carbocycles. The highest BCUT2D eigenvalue weighted by Gasteiger charge is 2.33. The first kappa shape index (κ1) is 16.1. The number of halogens is 1. The van der Waals surface area contributed by atoms with Gasteiger partial charge >= 0.3 is 5.97 Å². The molecule has 112 valence electrons. The van der Waals surface area contributed by atoms with E-state index in [1.807, 2.05) is 38.1 Å². The molecule has 21 heavy (non-hydrogen) atoms. The highest BCUT2D eigenvalue weighted by molar-refractivity contribution is 9.10. The molecule has 1 fully saturated rings. The van der Waals surface area contributed by atoms with Crippen LogP contribution in [0.15, 0.2) is 28.7 Å². The van der Waals surface area contributed by atoms with E-state index in [1.54, 1.807) is 0 Å². The average Bonchev–Trinajstić information content (AvgIpc) is 2.47. The van der Waals surface area contributed by atoms with Crippen LogP contribution in [-0.4, -0.2) is 24.7 Å². The van der Waals surface area contributed by atoms with E-state index in [-0.39, 0.29) is 0 Å². The molecule has 0 bridgehead atoms. The monoisotopic (exact) mass is 349 g/mol. The zero-order valence-electron chi connectivity index (χ0n) is 12.4. The minimum absolute atomic E-state index is 0.386. The molecule has 0 saturated carbocycles. The minimum Gasteiger partial charge on any atom is -0.450 e. The second kappa shape index (κ2) is 7.11. The molecule has 4 heteroatoms. The maximum atomic E-state index is 11.9. The molecule has 1 N–H and O–H groups in total. The minimum atomic E-state index is -0.465. The number of carbonyl (C=O) groups excluding carboxylic acids is 1. The molecule has 0 atom stereocenters. The van der Waals surface area contributed by atoms with Crippen LogP contribution in [0.4, 0.5) is 0 Å². The van der Waals surface area contributed by atoms with Crippen LogP contribution < -0.4 is 5.32 Å². The standard InChI is InChI=1S/C17H20BrNO2/c1-17(2,14-9-11-19-12-10-14)21-16(20)8-5-13-3-6-15(18)7-4-13/h3-4,6-7,14,19H,9-12H2,1-2H3. The first-order valence-electron chi connectivity index (χ1n) is 7.19. The number of hydrogen-bond acceptors (Lipinski definition) is 3. The molecule has 0 radical (unpaired) electrons. The van der Waals surface area contributed by atoms with E-state index in [9.17, 15) is 4.79 Å². The molecule has 2 rings (SSSR count). The van der Waals surface area contributed by atoms with Crippen molar-refractivity contribution in [2.24, 2.45) is 5.92 Å². The van der Waals surface area contributed by atoms with E-state index in [0.717, 1.165) is 36.0 Å². The summed E-state index contributed by atoms with van der Waals surface area (Å²) in [6.07, 6.45) is 2.06. The van der Waals surface area contributed by atoms with Gasteiger partial charge in [0.1, 0.15) is 5.60 Å². The van der Waals surface area contributed by atoms with Crippen LogP contribution >= 0.6 is 15.9 Å². The zero-order valence-corrected chi connectivity index (χ0v) is 14.0. The maximum Gasteiger partial charge on any atom is 0.385 e. The van der Waals surface area contributed by atoms with E-state index >= 15 is 0 Å². The second-order valence-corrected chi connectivity index (χ2v) is 6.69. The van der Waals surface area contributed by atoms with Crippen LogP contribution in [-0.2, 0) is 9.53 Å². The average molecular weight is 350 g/mol. The predicted molar refractivity (Wildman–Crippen MR) is 86.8 cm³/mol. The third kappa shape index (κ3) is 4.87. The van der Waals surface area contributed by atoms with Crippen molar-refractivity contribution in [1.29, 1.82) is 0 Å². The van der Waals surface area contributed by atoms with E-state index in [1.165, 1.54) is 0 Å². The van der Waals surface area contributed by atoms with Gasteiger partial charge in [-0.1, -0.05) is 21.9 Å². The third-order valence-electron chi connectivity index (χ3n) is 3.83. The van der Waals surface area contributed by atoms with Gasteiger partial charge in [0.25, 0.3) is 0 Å². The Bertz CT molecular complexity index is 548. The van der Waals surface area contributed by atoms with Crippen molar-refractivity contribution in [1.82, 2.24) is 5.32 Å². The fourth-order valence-electron chi connectivity index (χ4n) is 2.52. The quantitative estimate of drug-likeness (QED) is 0.658. The highest BCUT2D eigenvalue weighted by Crippen LogP contribution is 2.28. The summed E-state index contributed by atoms with van der Waals surface area (Å²) >= 11 is 3.36. The van der Waals surface area contributed by atoms with Gasteiger partial charge in [-0.05, 0) is 64.0 Å². The molecular formula is C17H20BrNO2. The summed E-state index contributed by atoms with van der Waals surface area (Å²) < 4.78 is 6.56. The fourth-order valence-corrected chi connectivity index (χ4v) is 2.79. The number of esters is 1. The van der Waals surface area contributed by atoms with Gasteiger partial charge in [-0.3, -0.25) is 0 Å². The van der Waals surface area contributed by atoms with Crippen molar-refractivity contribution in [2.75, 3.05) is 13.1 Å². The van der Waals surface area contributed by atoms with E-state index in [0.29, 0.717) is 5.92 Å². The summed E-state index contributed by atoms with van der Waals surface area (Å²) in [5, 5.41) is 3.32. The molecule has 0 aromatic heterocycles. The van der Waals surface area contributed by atoms with Crippen LogP contribution in [0.3, 0.4) is 0 Å². The lowest BCUT2D eigenvalue weighted by molar-refractivity contribution is -0.155. The van der Waals surface area contributed by atoms with Crippen molar-refractivity contribution >= 4 is 21.9 Å². The van der Waals surface area contributed by atoms with Gasteiger partial charge in [-0.25, -0.2) is 4.79 Å². The summed E-state index contributed by atoms with van der Waals surface area (Å²) in [7, 11) is 0. The van der Waals surface area contributed by atoms with Gasteiger partial charge in [-0.15, -0.1) is 0 Å². The Labute approximate surface area is 134 Å². The Balaban J connectivity index is 1.96. The molecule has 1 aromatic rings. The van der Waals surface area contributed by atoms with Crippen LogP contribution in [0.25, 0.3) is 0 Å². The molecule has 1 aliphatic rings. The molecule has 1 aromatic carbocycles. The van der Waals surface area contributed by atoms with Crippen LogP contribution in [0.5, 0.6) is 0 Å². The molecule has 0 unspecified atom stereocenters. The number of benzene rings is 1. The SMILES string of the molecule is CC(C)(OC(=O)C#Cc1ccc(Br)cc1)C1CCNCC1. The Morgan fingerprint density at radius 1 is 1.29 bits per heavy atom. The Morgan fingerprint density at radius 2 is 1.90 bits per heavy atom. The Morgan fingerprint density at radius 3 is 2.52 bits per heavy atom. The summed E-state index contributed by atoms with van der Waals surface area (Å²) in [5.74, 6) is 5.34. The van der Waals surface area contributed by atoms with E-state index in [4.69, 9.17) is 4.74 Å². The predicted octanol–water partition coefficient (Wildman–Crippen LogP) is 3.12. The van der Waals surface area contributed by atoms with E-state index in [2.05, 4.69) is 33.1 Å². The van der Waals surface area contributed by atoms with Crippen molar-refractivity contribution in [2.45, 2.75) is 32.3 Å². The van der Waals surface area contributed by atoms with Gasteiger partial charge in [-0.2, -0.15) is 0 Å². The topological polar surface area (TPSA) is 38.3 Å². The molecular weight excluding hydrogens is 330 g/mol. The lowest BCUT2D eigenvalue weighted by Crippen LogP contribution is -2.42. The van der Waals surface area contributed by atoms with Crippen molar-refractivity contribution in [3.05, 3.63) is 34.3 Å². The normalized spacial score (nSPS) is 16.0. The molecule has 3 nitrogen and oxygen atoms in total. The summed E-state index contributed by atoms with van der Waals surface area (Å²) in [4.78, 5) is 11.9. The first-order valence-corrected chi connectivity index (χ1v) is 7.98. The van der Waals surface area contributed by atoms with Crippen LogP contribution in [0.1, 0.15) is 32.3 Å². The number of hydrogen-bond donors (Lipinski definition) is 1. The number of rotatable bonds is 2. The number of ether oxygens (including phenoxy) is 1. The van der Waals surface area contributed by atoms with Crippen molar-refractivity contribution in [3.8, 4) is 11.8 Å². The third-order valence-corrected chi connectivity index (χ3v) is 4.36. The number of piperidine rings is 1. The van der Waals surface area contributed by atoms with Gasteiger partial charge in [0.05, 0.1) is 0 Å². The lowest BCUT2D eigenvalue weighted by Gasteiger charge is -2.36. The fraction of sp³-hybridized carbons (Fsp3) is 0.471. The van der Waals surface area contributed by atoms with Gasteiger partial charge < -0.3 is 10.1 Å². The van der Waals surface area contributed by atoms with E-state index < -0.39 is 11.6 Å². The molecule has 0 amide bonds. The number of nitrogens with one attached hydrogen (secondary N) is 1. The largest absolute Gasteiger partial charge is 0.450 e. The molecule has 1 aliphatic heterocycles. The second-order valence-electron chi connectivity index (χ2n) is 5.77. The summed E-state index contributed by atoms with van der Waals surface area (Å²) in [5.41, 5.74) is 0.336.